The summed E-state index contributed by atoms with van der Waals surface area (Å²) in [4.78, 5) is 17.8. The summed E-state index contributed by atoms with van der Waals surface area (Å²) in [6.45, 7) is 7.20. The molecular weight excluding hydrogens is 369 g/mol. The highest BCUT2D eigenvalue weighted by atomic mass is 19.4. The maximum Gasteiger partial charge on any atom is 0.433 e. The molecule has 1 saturated heterocycles. The average Bonchev–Trinajstić information content (AvgIpc) is 2.60. The number of carbonyl (C=O) groups excluding carboxylic acids is 1. The molecule has 1 aliphatic heterocycles. The Kier molecular flexibility index (Phi) is 5.88. The first-order valence-electron chi connectivity index (χ1n) is 8.93. The molecule has 1 radical (unpaired) electrons. The first-order valence-corrected chi connectivity index (χ1v) is 8.93. The number of nitrogens with zero attached hydrogens (tertiary/aromatic N) is 2. The van der Waals surface area contributed by atoms with E-state index in [0.29, 0.717) is 11.7 Å². The van der Waals surface area contributed by atoms with Gasteiger partial charge in [0.25, 0.3) is 5.91 Å². The highest BCUT2D eigenvalue weighted by molar-refractivity contribution is 6.04. The van der Waals surface area contributed by atoms with E-state index in [4.69, 9.17) is 0 Å². The van der Waals surface area contributed by atoms with Crippen LogP contribution in [0.4, 0.5) is 24.5 Å². The third-order valence-corrected chi connectivity index (χ3v) is 4.32. The number of alkyl halides is 3. The molecule has 2 N–H and O–H groups in total. The zero-order valence-corrected chi connectivity index (χ0v) is 15.7. The van der Waals surface area contributed by atoms with Gasteiger partial charge in [0.2, 0.25) is 0 Å². The molecule has 8 heteroatoms. The molecule has 1 amide bonds. The van der Waals surface area contributed by atoms with Gasteiger partial charge in [0.1, 0.15) is 5.69 Å². The van der Waals surface area contributed by atoms with Crippen molar-refractivity contribution in [2.75, 3.05) is 30.3 Å². The van der Waals surface area contributed by atoms with Crippen LogP contribution in [0.1, 0.15) is 29.9 Å². The van der Waals surface area contributed by atoms with Crippen molar-refractivity contribution in [2.24, 2.45) is 0 Å². The van der Waals surface area contributed by atoms with Crippen LogP contribution in [-0.2, 0) is 6.18 Å². The van der Waals surface area contributed by atoms with Crippen molar-refractivity contribution in [3.63, 3.8) is 0 Å². The molecule has 0 bridgehead atoms. The number of amides is 1. The van der Waals surface area contributed by atoms with Gasteiger partial charge in [0, 0.05) is 42.8 Å². The Morgan fingerprint density at radius 3 is 2.39 bits per heavy atom. The van der Waals surface area contributed by atoms with E-state index in [9.17, 15) is 18.0 Å². The topological polar surface area (TPSA) is 57.3 Å². The molecule has 0 unspecified atom stereocenters. The molecular formula is C20H22F3N4O. The van der Waals surface area contributed by atoms with Crippen molar-refractivity contribution in [1.82, 2.24) is 9.88 Å². The summed E-state index contributed by atoms with van der Waals surface area (Å²) in [7, 11) is 0. The Labute approximate surface area is 162 Å². The molecule has 1 fully saturated rings. The van der Waals surface area contributed by atoms with Crippen LogP contribution in [0.2, 0.25) is 0 Å². The normalized spacial score (nSPS) is 15.4. The molecule has 0 aliphatic carbocycles. The van der Waals surface area contributed by atoms with Gasteiger partial charge in [-0.3, -0.25) is 14.7 Å². The molecule has 2 heterocycles. The molecule has 0 atom stereocenters. The van der Waals surface area contributed by atoms with Gasteiger partial charge in [-0.2, -0.15) is 13.2 Å². The second-order valence-corrected chi connectivity index (χ2v) is 7.20. The van der Waals surface area contributed by atoms with Crippen molar-refractivity contribution < 1.29 is 18.0 Å². The van der Waals surface area contributed by atoms with Gasteiger partial charge in [0.15, 0.2) is 0 Å². The molecule has 0 spiro atoms. The number of nitrogens with one attached hydrogen (secondary N) is 2. The minimum absolute atomic E-state index is 0.0953. The lowest BCUT2D eigenvalue weighted by atomic mass is 10.1. The maximum absolute atomic E-state index is 12.7. The number of halogens is 3. The van der Waals surface area contributed by atoms with E-state index in [1.165, 1.54) is 12.0 Å². The lowest BCUT2D eigenvalue weighted by molar-refractivity contribution is -0.141. The molecule has 28 heavy (non-hydrogen) atoms. The zero-order chi connectivity index (χ0) is 20.3. The largest absolute Gasteiger partial charge is 0.433 e. The van der Waals surface area contributed by atoms with Gasteiger partial charge in [-0.15, -0.1) is 0 Å². The fourth-order valence-electron chi connectivity index (χ4n) is 3.05. The number of hydrogen-bond donors (Lipinski definition) is 2. The number of hydrogen-bond acceptors (Lipinski definition) is 4. The third-order valence-electron chi connectivity index (χ3n) is 4.32. The quantitative estimate of drug-likeness (QED) is 0.780. The number of pyridine rings is 1. The van der Waals surface area contributed by atoms with E-state index in [1.54, 1.807) is 12.1 Å². The molecule has 2 aromatic rings. The maximum atomic E-state index is 12.7. The fourth-order valence-corrected chi connectivity index (χ4v) is 3.05. The predicted octanol–water partition coefficient (Wildman–Crippen LogP) is 4.06. The Morgan fingerprint density at radius 1 is 1.14 bits per heavy atom. The van der Waals surface area contributed by atoms with Gasteiger partial charge >= 0.3 is 6.18 Å². The number of aromatic nitrogens is 1. The number of benzene rings is 1. The molecule has 3 rings (SSSR count). The first kappa shape index (κ1) is 20.1. The van der Waals surface area contributed by atoms with E-state index in [2.05, 4.69) is 34.4 Å². The Morgan fingerprint density at radius 2 is 1.79 bits per heavy atom. The summed E-state index contributed by atoms with van der Waals surface area (Å²) in [6, 6.07) is 9.48. The number of likely N-dealkylation sites (tertiary alicyclic amines) is 1. The Bertz CT molecular complexity index is 815. The van der Waals surface area contributed by atoms with Crippen LogP contribution >= 0.6 is 0 Å². The van der Waals surface area contributed by atoms with Crippen molar-refractivity contribution in [1.29, 1.82) is 0 Å². The summed E-state index contributed by atoms with van der Waals surface area (Å²) in [5, 5.41) is 6.02. The van der Waals surface area contributed by atoms with E-state index in [0.717, 1.165) is 37.6 Å². The first-order chi connectivity index (χ1) is 13.2. The SMILES string of the molecule is C[C](C)CN1CC(Nc2ccc(NC(=O)c3ccnc(C(F)(F)F)c3)cc2)C1. The van der Waals surface area contributed by atoms with Crippen LogP contribution in [0, 0.1) is 5.92 Å². The van der Waals surface area contributed by atoms with Crippen LogP contribution in [0.15, 0.2) is 42.6 Å². The van der Waals surface area contributed by atoms with Crippen LogP contribution < -0.4 is 10.6 Å². The van der Waals surface area contributed by atoms with Crippen LogP contribution in [-0.4, -0.2) is 41.5 Å². The second-order valence-electron chi connectivity index (χ2n) is 7.20. The standard InChI is InChI=1S/C20H22F3N4O/c1-13(2)10-27-11-17(12-27)25-15-3-5-16(6-4-15)26-19(28)14-7-8-24-18(9-14)20(21,22)23/h3-9,17,25H,10-12H2,1-2H3,(H,26,28). The summed E-state index contributed by atoms with van der Waals surface area (Å²) < 4.78 is 38.2. The fraction of sp³-hybridized carbons (Fsp3) is 0.350. The molecule has 1 aromatic heterocycles. The highest BCUT2D eigenvalue weighted by Crippen LogP contribution is 2.28. The lowest BCUT2D eigenvalue weighted by Gasteiger charge is -2.41. The van der Waals surface area contributed by atoms with Gasteiger partial charge in [0.05, 0.1) is 6.04 Å². The van der Waals surface area contributed by atoms with Crippen molar-refractivity contribution in [2.45, 2.75) is 26.1 Å². The summed E-state index contributed by atoms with van der Waals surface area (Å²) >= 11 is 0. The predicted molar refractivity (Wildman–Crippen MR) is 102 cm³/mol. The summed E-state index contributed by atoms with van der Waals surface area (Å²) in [5.74, 6) is 0.768. The number of anilines is 2. The average molecular weight is 391 g/mol. The minimum atomic E-state index is -4.59. The van der Waals surface area contributed by atoms with Gasteiger partial charge in [-0.1, -0.05) is 13.8 Å². The molecule has 5 nitrogen and oxygen atoms in total. The van der Waals surface area contributed by atoms with Gasteiger partial charge in [-0.25, -0.2) is 0 Å². The van der Waals surface area contributed by atoms with Crippen molar-refractivity contribution in [3.05, 3.63) is 59.8 Å². The summed E-state index contributed by atoms with van der Waals surface area (Å²) in [6.07, 6.45) is -3.61. The molecule has 1 aliphatic rings. The zero-order valence-electron chi connectivity index (χ0n) is 15.7. The lowest BCUT2D eigenvalue weighted by Crippen LogP contribution is -2.55. The van der Waals surface area contributed by atoms with E-state index < -0.39 is 17.8 Å². The number of rotatable bonds is 6. The van der Waals surface area contributed by atoms with E-state index in [-0.39, 0.29) is 5.56 Å². The smallest absolute Gasteiger partial charge is 0.380 e. The Hall–Kier alpha value is -2.61. The van der Waals surface area contributed by atoms with Crippen LogP contribution in [0.25, 0.3) is 0 Å². The molecule has 1 aromatic carbocycles. The number of carbonyl (C=O) groups is 1. The van der Waals surface area contributed by atoms with Gasteiger partial charge < -0.3 is 10.6 Å². The van der Waals surface area contributed by atoms with Crippen molar-refractivity contribution in [3.8, 4) is 0 Å². The highest BCUT2D eigenvalue weighted by Gasteiger charge is 2.33. The Balaban J connectivity index is 1.54. The monoisotopic (exact) mass is 391 g/mol. The molecule has 149 valence electrons. The van der Waals surface area contributed by atoms with Crippen LogP contribution in [0.3, 0.4) is 0 Å². The molecule has 0 saturated carbocycles. The third kappa shape index (κ3) is 5.22. The van der Waals surface area contributed by atoms with E-state index in [1.807, 2.05) is 12.1 Å². The second kappa shape index (κ2) is 8.18. The van der Waals surface area contributed by atoms with Crippen LogP contribution in [0.5, 0.6) is 0 Å². The van der Waals surface area contributed by atoms with Gasteiger partial charge in [-0.05, 0) is 42.3 Å². The summed E-state index contributed by atoms with van der Waals surface area (Å²) in [5.41, 5.74) is 0.252. The van der Waals surface area contributed by atoms with Crippen molar-refractivity contribution >= 4 is 17.3 Å². The van der Waals surface area contributed by atoms with E-state index >= 15 is 0 Å². The minimum Gasteiger partial charge on any atom is -0.380 e.